The Hall–Kier alpha value is -3.20. The van der Waals surface area contributed by atoms with Crippen molar-refractivity contribution in [3.63, 3.8) is 0 Å². The van der Waals surface area contributed by atoms with Crippen molar-refractivity contribution in [3.05, 3.63) is 65.7 Å². The summed E-state index contributed by atoms with van der Waals surface area (Å²) >= 11 is 0. The van der Waals surface area contributed by atoms with E-state index in [-0.39, 0.29) is 35.9 Å². The molecule has 0 saturated carbocycles. The largest absolute Gasteiger partial charge is 0.354 e. The van der Waals surface area contributed by atoms with Gasteiger partial charge in [0.1, 0.15) is 10.9 Å². The summed E-state index contributed by atoms with van der Waals surface area (Å²) in [6.07, 6.45) is 1.54. The van der Waals surface area contributed by atoms with Gasteiger partial charge in [-0.1, -0.05) is 55.8 Å². The lowest BCUT2D eigenvalue weighted by Crippen LogP contribution is -2.48. The maximum atomic E-state index is 13.2. The zero-order valence-corrected chi connectivity index (χ0v) is 19.7. The lowest BCUT2D eigenvalue weighted by atomic mass is 10.1. The van der Waals surface area contributed by atoms with Gasteiger partial charge in [-0.15, -0.1) is 0 Å². The molecule has 0 aliphatic carbocycles. The van der Waals surface area contributed by atoms with Gasteiger partial charge in [-0.05, 0) is 31.0 Å². The first kappa shape index (κ1) is 24.4. The molecule has 3 amide bonds. The van der Waals surface area contributed by atoms with E-state index in [0.717, 1.165) is 22.7 Å². The first-order valence-electron chi connectivity index (χ1n) is 11.0. The summed E-state index contributed by atoms with van der Waals surface area (Å²) in [7, 11) is -3.99. The second-order valence-corrected chi connectivity index (χ2v) is 9.79. The predicted octanol–water partition coefficient (Wildman–Crippen LogP) is 2.55. The zero-order valence-electron chi connectivity index (χ0n) is 18.9. The van der Waals surface area contributed by atoms with Crippen molar-refractivity contribution in [2.45, 2.75) is 50.6 Å². The van der Waals surface area contributed by atoms with E-state index in [1.165, 1.54) is 17.0 Å². The maximum absolute atomic E-state index is 13.2. The third-order valence-corrected chi connectivity index (χ3v) is 7.47. The Morgan fingerprint density at radius 3 is 2.39 bits per heavy atom. The summed E-state index contributed by atoms with van der Waals surface area (Å²) in [4.78, 5) is 39.8. The molecule has 33 heavy (non-hydrogen) atoms. The number of hydrogen-bond donors (Lipinski definition) is 1. The molecule has 0 saturated heterocycles. The van der Waals surface area contributed by atoms with E-state index >= 15 is 0 Å². The Kier molecular flexibility index (Phi) is 7.86. The van der Waals surface area contributed by atoms with E-state index in [4.69, 9.17) is 0 Å². The molecule has 176 valence electrons. The highest BCUT2D eigenvalue weighted by atomic mass is 32.2. The second kappa shape index (κ2) is 10.6. The molecule has 1 N–H and O–H groups in total. The van der Waals surface area contributed by atoms with Crippen LogP contribution in [0.25, 0.3) is 0 Å². The molecule has 0 bridgehead atoms. The van der Waals surface area contributed by atoms with Gasteiger partial charge < -0.3 is 10.2 Å². The highest BCUT2D eigenvalue weighted by Gasteiger charge is 2.41. The number of hydrogen-bond acceptors (Lipinski definition) is 5. The highest BCUT2D eigenvalue weighted by molar-refractivity contribution is 7.90. The molecular weight excluding hydrogens is 442 g/mol. The van der Waals surface area contributed by atoms with Gasteiger partial charge in [0.05, 0.1) is 5.56 Å². The molecule has 1 aliphatic rings. The van der Waals surface area contributed by atoms with Gasteiger partial charge in [-0.3, -0.25) is 14.4 Å². The minimum atomic E-state index is -3.99. The molecule has 8 nitrogen and oxygen atoms in total. The van der Waals surface area contributed by atoms with E-state index in [1.54, 1.807) is 19.1 Å². The molecule has 1 atom stereocenters. The monoisotopic (exact) mass is 471 g/mol. The Morgan fingerprint density at radius 2 is 1.73 bits per heavy atom. The van der Waals surface area contributed by atoms with Crippen molar-refractivity contribution >= 4 is 27.7 Å². The van der Waals surface area contributed by atoms with E-state index in [2.05, 4.69) is 5.32 Å². The SMILES string of the molecule is CCCCNC(=O)[C@H](C)N(Cc1ccccc1)C(=O)CCN1C(=O)c2ccccc2S1(=O)=O. The lowest BCUT2D eigenvalue weighted by molar-refractivity contribution is -0.140. The van der Waals surface area contributed by atoms with Crippen LogP contribution in [0.1, 0.15) is 49.0 Å². The van der Waals surface area contributed by atoms with Crippen LogP contribution in [0, 0.1) is 0 Å². The van der Waals surface area contributed by atoms with Crippen LogP contribution in [-0.2, 0) is 26.2 Å². The van der Waals surface area contributed by atoms with Crippen molar-refractivity contribution in [1.29, 1.82) is 0 Å². The number of sulfonamides is 1. The number of benzene rings is 2. The van der Waals surface area contributed by atoms with Crippen LogP contribution < -0.4 is 5.32 Å². The molecule has 9 heteroatoms. The van der Waals surface area contributed by atoms with E-state index in [9.17, 15) is 22.8 Å². The molecule has 0 radical (unpaired) electrons. The Labute approximate surface area is 194 Å². The predicted molar refractivity (Wildman–Crippen MR) is 124 cm³/mol. The molecule has 0 fully saturated rings. The van der Waals surface area contributed by atoms with Crippen molar-refractivity contribution in [3.8, 4) is 0 Å². The fourth-order valence-corrected chi connectivity index (χ4v) is 5.26. The molecule has 2 aromatic carbocycles. The van der Waals surface area contributed by atoms with Crippen LogP contribution in [0.4, 0.5) is 0 Å². The number of unbranched alkanes of at least 4 members (excludes halogenated alkanes) is 1. The van der Waals surface area contributed by atoms with Gasteiger partial charge in [-0.2, -0.15) is 0 Å². The molecular formula is C24H29N3O5S. The second-order valence-electron chi connectivity index (χ2n) is 7.96. The third kappa shape index (κ3) is 5.42. The number of fused-ring (bicyclic) bond motifs is 1. The summed E-state index contributed by atoms with van der Waals surface area (Å²) in [5.74, 6) is -1.32. The Bertz CT molecular complexity index is 1120. The van der Waals surface area contributed by atoms with Crippen LogP contribution in [0.2, 0.25) is 0 Å². The molecule has 1 heterocycles. The Morgan fingerprint density at radius 1 is 1.06 bits per heavy atom. The van der Waals surface area contributed by atoms with Gasteiger partial charge in [-0.25, -0.2) is 12.7 Å². The van der Waals surface area contributed by atoms with E-state index in [0.29, 0.717) is 6.54 Å². The first-order chi connectivity index (χ1) is 15.8. The summed E-state index contributed by atoms with van der Waals surface area (Å²) in [6, 6.07) is 14.5. The van der Waals surface area contributed by atoms with Crippen LogP contribution in [0.5, 0.6) is 0 Å². The highest BCUT2D eigenvalue weighted by Crippen LogP contribution is 2.30. The molecule has 0 unspecified atom stereocenters. The molecule has 3 rings (SSSR count). The van der Waals surface area contributed by atoms with Gasteiger partial charge in [0.25, 0.3) is 15.9 Å². The standard InChI is InChI=1S/C24H29N3O5S/c1-3-4-15-25-23(29)18(2)26(17-19-10-6-5-7-11-19)22(28)14-16-27-24(30)20-12-8-9-13-21(20)33(27,31)32/h5-13,18H,3-4,14-17H2,1-2H3,(H,25,29)/t18-/m0/s1. The van der Waals surface area contributed by atoms with Crippen molar-refractivity contribution in [1.82, 2.24) is 14.5 Å². The van der Waals surface area contributed by atoms with Crippen molar-refractivity contribution in [2.75, 3.05) is 13.1 Å². The number of amides is 3. The van der Waals surface area contributed by atoms with Crippen molar-refractivity contribution in [2.24, 2.45) is 0 Å². The Balaban J connectivity index is 1.74. The summed E-state index contributed by atoms with van der Waals surface area (Å²) in [6.45, 7) is 4.10. The fraction of sp³-hybridized carbons (Fsp3) is 0.375. The number of carbonyl (C=O) groups excluding carboxylic acids is 3. The molecule has 1 aliphatic heterocycles. The normalized spacial score (nSPS) is 15.1. The lowest BCUT2D eigenvalue weighted by Gasteiger charge is -2.29. The number of rotatable bonds is 10. The molecule has 2 aromatic rings. The number of nitrogens with one attached hydrogen (secondary N) is 1. The minimum Gasteiger partial charge on any atom is -0.354 e. The van der Waals surface area contributed by atoms with Crippen LogP contribution in [-0.4, -0.2) is 54.5 Å². The first-order valence-corrected chi connectivity index (χ1v) is 12.5. The van der Waals surface area contributed by atoms with E-state index in [1.807, 2.05) is 37.3 Å². The van der Waals surface area contributed by atoms with Gasteiger partial charge in [0, 0.05) is 26.1 Å². The molecule has 0 aromatic heterocycles. The minimum absolute atomic E-state index is 0.0488. The van der Waals surface area contributed by atoms with Gasteiger partial charge in [0.15, 0.2) is 0 Å². The fourth-order valence-electron chi connectivity index (χ4n) is 3.69. The third-order valence-electron chi connectivity index (χ3n) is 5.63. The quantitative estimate of drug-likeness (QED) is 0.537. The number of carbonyl (C=O) groups is 3. The summed E-state index contributed by atoms with van der Waals surface area (Å²) < 4.78 is 26.3. The van der Waals surface area contributed by atoms with Crippen LogP contribution in [0.15, 0.2) is 59.5 Å². The smallest absolute Gasteiger partial charge is 0.269 e. The zero-order chi connectivity index (χ0) is 24.0. The average molecular weight is 472 g/mol. The van der Waals surface area contributed by atoms with Crippen LogP contribution >= 0.6 is 0 Å². The van der Waals surface area contributed by atoms with Crippen LogP contribution in [0.3, 0.4) is 0 Å². The maximum Gasteiger partial charge on any atom is 0.269 e. The average Bonchev–Trinajstić information content (AvgIpc) is 3.01. The van der Waals surface area contributed by atoms with Gasteiger partial charge >= 0.3 is 0 Å². The van der Waals surface area contributed by atoms with Crippen molar-refractivity contribution < 1.29 is 22.8 Å². The van der Waals surface area contributed by atoms with E-state index < -0.39 is 27.9 Å². The summed E-state index contributed by atoms with van der Waals surface area (Å²) in [5, 5.41) is 2.84. The van der Waals surface area contributed by atoms with Gasteiger partial charge in [0.2, 0.25) is 11.8 Å². The molecule has 0 spiro atoms. The summed E-state index contributed by atoms with van der Waals surface area (Å²) in [5.41, 5.74) is 0.950. The topological polar surface area (TPSA) is 104 Å². The number of nitrogens with zero attached hydrogens (tertiary/aromatic N) is 2.